The van der Waals surface area contributed by atoms with E-state index in [4.69, 9.17) is 0 Å². The van der Waals surface area contributed by atoms with Crippen molar-refractivity contribution in [2.24, 2.45) is 0 Å². The fraction of sp³-hybridized carbons (Fsp3) is 0.308. The van der Waals surface area contributed by atoms with Crippen LogP contribution >= 0.6 is 43.2 Å². The van der Waals surface area contributed by atoms with Gasteiger partial charge in [0.15, 0.2) is 0 Å². The van der Waals surface area contributed by atoms with Gasteiger partial charge in [-0.05, 0) is 56.0 Å². The van der Waals surface area contributed by atoms with Gasteiger partial charge in [0, 0.05) is 18.1 Å². The van der Waals surface area contributed by atoms with Crippen molar-refractivity contribution in [3.05, 3.63) is 43.2 Å². The lowest BCUT2D eigenvalue weighted by Gasteiger charge is -2.15. The highest BCUT2D eigenvalue weighted by atomic mass is 79.9. The highest BCUT2D eigenvalue weighted by molar-refractivity contribution is 9.11. The number of hydrogen-bond acceptors (Lipinski definition) is 4. The van der Waals surface area contributed by atoms with Gasteiger partial charge in [-0.1, -0.05) is 6.92 Å². The molecule has 1 aromatic carbocycles. The lowest BCUT2D eigenvalue weighted by atomic mass is 10.2. The highest BCUT2D eigenvalue weighted by Gasteiger charge is 2.12. The number of aromatic hydroxyl groups is 1. The van der Waals surface area contributed by atoms with Crippen LogP contribution in [0.1, 0.15) is 30.0 Å². The molecule has 3 nitrogen and oxygen atoms in total. The minimum Gasteiger partial charge on any atom is -0.506 e. The van der Waals surface area contributed by atoms with E-state index in [9.17, 15) is 5.11 Å². The van der Waals surface area contributed by atoms with Crippen LogP contribution in [0.4, 0.5) is 0 Å². The molecule has 0 aliphatic heterocycles. The minimum absolute atomic E-state index is 0.232. The van der Waals surface area contributed by atoms with Crippen molar-refractivity contribution >= 4 is 43.2 Å². The number of hydrogen-bond donors (Lipinski definition) is 2. The normalized spacial score (nSPS) is 12.6. The van der Waals surface area contributed by atoms with Crippen LogP contribution < -0.4 is 5.32 Å². The van der Waals surface area contributed by atoms with E-state index in [2.05, 4.69) is 49.1 Å². The molecule has 2 rings (SSSR count). The highest BCUT2D eigenvalue weighted by Crippen LogP contribution is 2.33. The molecule has 0 bridgehead atoms. The largest absolute Gasteiger partial charge is 0.506 e. The number of rotatable bonds is 5. The Hall–Kier alpha value is -0.430. The Bertz CT molecular complexity index is 523. The molecule has 0 spiro atoms. The molecule has 0 aliphatic rings. The Kier molecular flexibility index (Phi) is 5.38. The van der Waals surface area contributed by atoms with Gasteiger partial charge >= 0.3 is 0 Å². The predicted molar refractivity (Wildman–Crippen MR) is 85.5 cm³/mol. The van der Waals surface area contributed by atoms with Gasteiger partial charge in [-0.3, -0.25) is 0 Å². The molecule has 1 aromatic heterocycles. The van der Waals surface area contributed by atoms with E-state index < -0.39 is 0 Å². The van der Waals surface area contributed by atoms with Crippen LogP contribution in [0.3, 0.4) is 0 Å². The fourth-order valence-corrected chi connectivity index (χ4v) is 3.85. The van der Waals surface area contributed by atoms with Crippen molar-refractivity contribution < 1.29 is 5.11 Å². The number of phenols is 1. The SMILES string of the molecule is CCC(NCc1cc(Br)c(O)c(Br)c1)c1nccs1. The van der Waals surface area contributed by atoms with Crippen molar-refractivity contribution in [2.75, 3.05) is 0 Å². The van der Waals surface area contributed by atoms with Crippen LogP contribution in [0, 0.1) is 0 Å². The van der Waals surface area contributed by atoms with E-state index in [1.807, 2.05) is 23.7 Å². The zero-order valence-corrected chi connectivity index (χ0v) is 14.3. The van der Waals surface area contributed by atoms with Crippen LogP contribution in [0.2, 0.25) is 0 Å². The molecule has 0 saturated heterocycles. The Morgan fingerprint density at radius 1 is 1.37 bits per heavy atom. The number of nitrogens with one attached hydrogen (secondary N) is 1. The van der Waals surface area contributed by atoms with Gasteiger partial charge in [0.1, 0.15) is 10.8 Å². The van der Waals surface area contributed by atoms with E-state index in [1.165, 1.54) is 0 Å². The molecule has 0 radical (unpaired) electrons. The lowest BCUT2D eigenvalue weighted by Crippen LogP contribution is -2.20. The molecule has 2 N–H and O–H groups in total. The molecule has 0 fully saturated rings. The van der Waals surface area contributed by atoms with Gasteiger partial charge in [-0.25, -0.2) is 4.98 Å². The monoisotopic (exact) mass is 404 g/mol. The topological polar surface area (TPSA) is 45.1 Å². The smallest absolute Gasteiger partial charge is 0.143 e. The summed E-state index contributed by atoms with van der Waals surface area (Å²) in [4.78, 5) is 4.35. The van der Waals surface area contributed by atoms with Crippen molar-refractivity contribution in [1.29, 1.82) is 0 Å². The molecule has 2 aromatic rings. The van der Waals surface area contributed by atoms with Crippen LogP contribution in [-0.4, -0.2) is 10.1 Å². The maximum atomic E-state index is 9.68. The van der Waals surface area contributed by atoms with Gasteiger partial charge in [0.05, 0.1) is 15.0 Å². The molecular formula is C13H14Br2N2OS. The number of nitrogens with zero attached hydrogens (tertiary/aromatic N) is 1. The first kappa shape index (κ1) is 15.0. The standard InChI is InChI=1S/C13H14Br2N2OS/c1-2-11(13-16-3-4-19-13)17-7-8-5-9(14)12(18)10(15)6-8/h3-6,11,17-18H,2,7H2,1H3. The third kappa shape index (κ3) is 3.78. The summed E-state index contributed by atoms with van der Waals surface area (Å²) in [5.41, 5.74) is 1.10. The maximum absolute atomic E-state index is 9.68. The number of benzene rings is 1. The Labute approximate surface area is 133 Å². The zero-order valence-electron chi connectivity index (χ0n) is 10.4. The van der Waals surface area contributed by atoms with E-state index in [1.54, 1.807) is 11.3 Å². The molecule has 102 valence electrons. The predicted octanol–water partition coefficient (Wildman–Crippen LogP) is 4.61. The quantitative estimate of drug-likeness (QED) is 0.762. The van der Waals surface area contributed by atoms with Crippen molar-refractivity contribution in [3.63, 3.8) is 0 Å². The number of thiazole rings is 1. The Morgan fingerprint density at radius 2 is 2.05 bits per heavy atom. The molecule has 0 aliphatic carbocycles. The number of phenolic OH excluding ortho intramolecular Hbond substituents is 1. The summed E-state index contributed by atoms with van der Waals surface area (Å²) in [5.74, 6) is 0.232. The first-order chi connectivity index (χ1) is 9.11. The average Bonchev–Trinajstić information content (AvgIpc) is 2.90. The number of aromatic nitrogens is 1. The summed E-state index contributed by atoms with van der Waals surface area (Å²) in [6, 6.07) is 4.11. The molecular weight excluding hydrogens is 392 g/mol. The van der Waals surface area contributed by atoms with Gasteiger partial charge in [0.2, 0.25) is 0 Å². The first-order valence-electron chi connectivity index (χ1n) is 5.91. The third-order valence-corrected chi connectivity index (χ3v) is 4.89. The van der Waals surface area contributed by atoms with Gasteiger partial charge < -0.3 is 10.4 Å². The van der Waals surface area contributed by atoms with E-state index in [0.29, 0.717) is 8.95 Å². The Balaban J connectivity index is 2.06. The zero-order chi connectivity index (χ0) is 13.8. The van der Waals surface area contributed by atoms with Crippen LogP contribution in [0.25, 0.3) is 0 Å². The van der Waals surface area contributed by atoms with E-state index in [-0.39, 0.29) is 11.8 Å². The van der Waals surface area contributed by atoms with Crippen molar-refractivity contribution in [3.8, 4) is 5.75 Å². The minimum atomic E-state index is 0.232. The summed E-state index contributed by atoms with van der Waals surface area (Å²) >= 11 is 8.35. The lowest BCUT2D eigenvalue weighted by molar-refractivity contribution is 0.467. The second kappa shape index (κ2) is 6.83. The molecule has 0 amide bonds. The molecule has 1 unspecified atom stereocenters. The molecule has 19 heavy (non-hydrogen) atoms. The van der Waals surface area contributed by atoms with Crippen LogP contribution in [0.15, 0.2) is 32.7 Å². The van der Waals surface area contributed by atoms with Crippen molar-refractivity contribution in [1.82, 2.24) is 10.3 Å². The second-order valence-corrected chi connectivity index (χ2v) is 6.75. The molecule has 1 heterocycles. The summed E-state index contributed by atoms with van der Waals surface area (Å²) in [6.07, 6.45) is 2.83. The molecule has 1 atom stereocenters. The number of halogens is 2. The second-order valence-electron chi connectivity index (χ2n) is 4.12. The fourth-order valence-electron chi connectivity index (χ4n) is 1.77. The van der Waals surface area contributed by atoms with Gasteiger partial charge in [-0.2, -0.15) is 0 Å². The van der Waals surface area contributed by atoms with Gasteiger partial charge in [0.25, 0.3) is 0 Å². The summed E-state index contributed by atoms with van der Waals surface area (Å²) < 4.78 is 1.39. The van der Waals surface area contributed by atoms with Crippen LogP contribution in [0.5, 0.6) is 5.75 Å². The van der Waals surface area contributed by atoms with E-state index >= 15 is 0 Å². The van der Waals surface area contributed by atoms with E-state index in [0.717, 1.165) is 23.5 Å². The summed E-state index contributed by atoms with van der Waals surface area (Å²) in [5, 5.41) is 16.3. The first-order valence-corrected chi connectivity index (χ1v) is 8.38. The average molecular weight is 406 g/mol. The van der Waals surface area contributed by atoms with Gasteiger partial charge in [-0.15, -0.1) is 11.3 Å². The molecule has 0 saturated carbocycles. The third-order valence-electron chi connectivity index (χ3n) is 2.79. The summed E-state index contributed by atoms with van der Waals surface area (Å²) in [6.45, 7) is 2.87. The van der Waals surface area contributed by atoms with Crippen molar-refractivity contribution in [2.45, 2.75) is 25.9 Å². The maximum Gasteiger partial charge on any atom is 0.143 e. The Morgan fingerprint density at radius 3 is 2.58 bits per heavy atom. The molecule has 6 heteroatoms. The summed E-state index contributed by atoms with van der Waals surface area (Å²) in [7, 11) is 0. The van der Waals surface area contributed by atoms with Crippen LogP contribution in [-0.2, 0) is 6.54 Å².